The fourth-order valence-corrected chi connectivity index (χ4v) is 3.00. The second-order valence-corrected chi connectivity index (χ2v) is 6.45. The Morgan fingerprint density at radius 3 is 2.63 bits per heavy atom. The number of nitrogens with zero attached hydrogens (tertiary/aromatic N) is 2. The van der Waals surface area contributed by atoms with Gasteiger partial charge >= 0.3 is 11.9 Å². The lowest BCUT2D eigenvalue weighted by Gasteiger charge is -2.15. The average Bonchev–Trinajstić information content (AvgIpc) is 2.74. The maximum Gasteiger partial charge on any atom is 0.341 e. The number of carbonyl (C=O) groups is 2. The number of carbonyl (C=O) groups excluding carboxylic acids is 2. The summed E-state index contributed by atoms with van der Waals surface area (Å²) in [4.78, 5) is 39.3. The molecule has 0 amide bonds. The third kappa shape index (κ3) is 4.15. The van der Waals surface area contributed by atoms with Crippen LogP contribution in [0.3, 0.4) is 0 Å². The third-order valence-electron chi connectivity index (χ3n) is 4.20. The lowest BCUT2D eigenvalue weighted by atomic mass is 10.1. The Bertz CT molecular complexity index is 1160. The maximum atomic E-state index is 12.5. The molecule has 0 fully saturated rings. The molecule has 9 nitrogen and oxygen atoms in total. The summed E-state index contributed by atoms with van der Waals surface area (Å²) >= 11 is 5.88. The van der Waals surface area contributed by atoms with E-state index in [1.807, 2.05) is 0 Å². The predicted molar refractivity (Wildman–Crippen MR) is 110 cm³/mol. The Kier molecular flexibility index (Phi) is 6.12. The molecule has 1 N–H and O–H groups in total. The molecule has 1 heterocycles. The minimum atomic E-state index is -0.638. The van der Waals surface area contributed by atoms with Crippen molar-refractivity contribution in [1.29, 1.82) is 0 Å². The van der Waals surface area contributed by atoms with Crippen molar-refractivity contribution < 1.29 is 24.0 Å². The molecule has 0 saturated heterocycles. The molecule has 154 valence electrons. The van der Waals surface area contributed by atoms with Crippen LogP contribution < -0.4 is 5.32 Å². The molecule has 3 aromatic rings. The van der Waals surface area contributed by atoms with Gasteiger partial charge in [0.25, 0.3) is 5.69 Å². The summed E-state index contributed by atoms with van der Waals surface area (Å²) in [6, 6.07) is 8.81. The van der Waals surface area contributed by atoms with Crippen molar-refractivity contribution in [1.82, 2.24) is 4.98 Å². The zero-order valence-corrected chi connectivity index (χ0v) is 16.7. The number of hydrogen-bond acceptors (Lipinski definition) is 8. The van der Waals surface area contributed by atoms with E-state index in [0.29, 0.717) is 16.6 Å². The fourth-order valence-electron chi connectivity index (χ4n) is 2.81. The predicted octanol–water partition coefficient (Wildman–Crippen LogP) is 4.50. The van der Waals surface area contributed by atoms with Crippen molar-refractivity contribution in [2.45, 2.75) is 6.92 Å². The molecule has 10 heteroatoms. The number of nitrogens with one attached hydrogen (secondary N) is 1. The van der Waals surface area contributed by atoms with Gasteiger partial charge < -0.3 is 14.8 Å². The number of benzene rings is 2. The van der Waals surface area contributed by atoms with Crippen LogP contribution in [0.5, 0.6) is 0 Å². The van der Waals surface area contributed by atoms with Gasteiger partial charge in [-0.2, -0.15) is 0 Å². The van der Waals surface area contributed by atoms with Crippen LogP contribution in [0.15, 0.2) is 42.6 Å². The van der Waals surface area contributed by atoms with Crippen molar-refractivity contribution >= 4 is 51.5 Å². The second kappa shape index (κ2) is 8.75. The number of halogens is 1. The van der Waals surface area contributed by atoms with Crippen LogP contribution in [0.2, 0.25) is 5.02 Å². The largest absolute Gasteiger partial charge is 0.465 e. The van der Waals surface area contributed by atoms with Gasteiger partial charge in [0.2, 0.25) is 0 Å². The molecule has 0 saturated carbocycles. The smallest absolute Gasteiger partial charge is 0.341 e. The molecule has 0 atom stereocenters. The molecule has 0 aliphatic rings. The number of nitro groups is 1. The van der Waals surface area contributed by atoms with Gasteiger partial charge in [-0.3, -0.25) is 15.1 Å². The highest BCUT2D eigenvalue weighted by atomic mass is 35.5. The van der Waals surface area contributed by atoms with E-state index in [1.165, 1.54) is 37.6 Å². The molecule has 2 aromatic carbocycles. The van der Waals surface area contributed by atoms with Gasteiger partial charge in [0.15, 0.2) is 0 Å². The van der Waals surface area contributed by atoms with E-state index >= 15 is 0 Å². The lowest BCUT2D eigenvalue weighted by Crippen LogP contribution is -2.10. The number of anilines is 2. The van der Waals surface area contributed by atoms with Gasteiger partial charge in [0.1, 0.15) is 10.6 Å². The number of ether oxygens (including phenoxy) is 2. The second-order valence-electron chi connectivity index (χ2n) is 6.04. The van der Waals surface area contributed by atoms with Crippen LogP contribution in [-0.2, 0) is 9.47 Å². The zero-order chi connectivity index (χ0) is 21.8. The first-order valence-corrected chi connectivity index (χ1v) is 9.12. The lowest BCUT2D eigenvalue weighted by molar-refractivity contribution is -0.384. The molecule has 1 aromatic heterocycles. The van der Waals surface area contributed by atoms with E-state index in [2.05, 4.69) is 10.3 Å². The molecule has 0 unspecified atom stereocenters. The molecular formula is C20H16ClN3O6. The minimum absolute atomic E-state index is 0.0243. The Morgan fingerprint density at radius 2 is 1.97 bits per heavy atom. The topological polar surface area (TPSA) is 121 Å². The summed E-state index contributed by atoms with van der Waals surface area (Å²) < 4.78 is 9.85. The summed E-state index contributed by atoms with van der Waals surface area (Å²) in [6.45, 7) is 1.81. The van der Waals surface area contributed by atoms with E-state index in [4.69, 9.17) is 21.1 Å². The first-order valence-electron chi connectivity index (χ1n) is 8.74. The molecule has 30 heavy (non-hydrogen) atoms. The van der Waals surface area contributed by atoms with Gasteiger partial charge in [-0.1, -0.05) is 11.6 Å². The molecule has 0 spiro atoms. The molecule has 0 radical (unpaired) electrons. The summed E-state index contributed by atoms with van der Waals surface area (Å²) in [5.74, 6) is -1.20. The van der Waals surface area contributed by atoms with Crippen LogP contribution >= 0.6 is 11.6 Å². The number of esters is 2. The summed E-state index contributed by atoms with van der Waals surface area (Å²) in [5.41, 5.74) is 1.13. The standard InChI is InChI=1S/C20H16ClN3O6/c1-3-30-20(26)14-10-22-16-7-4-11(19(25)29-2)8-13(16)18(14)23-12-5-6-15(21)17(9-12)24(27)28/h4-10H,3H2,1-2H3,(H,22,23). The van der Waals surface area contributed by atoms with Gasteiger partial charge in [0, 0.05) is 23.3 Å². The van der Waals surface area contributed by atoms with Crippen LogP contribution in [0, 0.1) is 10.1 Å². The molecule has 0 aliphatic heterocycles. The highest BCUT2D eigenvalue weighted by molar-refractivity contribution is 6.32. The van der Waals surface area contributed by atoms with E-state index in [9.17, 15) is 19.7 Å². The SMILES string of the molecule is CCOC(=O)c1cnc2ccc(C(=O)OC)cc2c1Nc1ccc(Cl)c([N+](=O)[O-])c1. The Morgan fingerprint density at radius 1 is 1.20 bits per heavy atom. The van der Waals surface area contributed by atoms with Crippen molar-refractivity contribution in [3.8, 4) is 0 Å². The first-order chi connectivity index (χ1) is 14.3. The van der Waals surface area contributed by atoms with Crippen LogP contribution in [-0.4, -0.2) is 35.6 Å². The number of nitro benzene ring substituents is 1. The maximum absolute atomic E-state index is 12.5. The Balaban J connectivity index is 2.21. The van der Waals surface area contributed by atoms with Crippen LogP contribution in [0.25, 0.3) is 10.9 Å². The highest BCUT2D eigenvalue weighted by Crippen LogP contribution is 2.33. The van der Waals surface area contributed by atoms with E-state index < -0.39 is 16.9 Å². The number of rotatable bonds is 6. The normalized spacial score (nSPS) is 10.5. The third-order valence-corrected chi connectivity index (χ3v) is 4.52. The number of fused-ring (bicyclic) bond motifs is 1. The number of aromatic nitrogens is 1. The van der Waals surface area contributed by atoms with E-state index in [1.54, 1.807) is 19.1 Å². The minimum Gasteiger partial charge on any atom is -0.465 e. The number of pyridine rings is 1. The van der Waals surface area contributed by atoms with E-state index in [0.717, 1.165) is 0 Å². The summed E-state index contributed by atoms with van der Waals surface area (Å²) in [5, 5.41) is 14.6. The summed E-state index contributed by atoms with van der Waals surface area (Å²) in [6.07, 6.45) is 1.34. The Labute approximate surface area is 175 Å². The van der Waals surface area contributed by atoms with Gasteiger partial charge in [0.05, 0.1) is 35.4 Å². The van der Waals surface area contributed by atoms with Gasteiger partial charge in [-0.15, -0.1) is 0 Å². The van der Waals surface area contributed by atoms with Gasteiger partial charge in [-0.25, -0.2) is 9.59 Å². The van der Waals surface area contributed by atoms with Crippen LogP contribution in [0.1, 0.15) is 27.6 Å². The zero-order valence-electron chi connectivity index (χ0n) is 16.0. The number of methoxy groups -OCH3 is 1. The molecular weight excluding hydrogens is 414 g/mol. The molecule has 0 bridgehead atoms. The van der Waals surface area contributed by atoms with Crippen LogP contribution in [0.4, 0.5) is 17.1 Å². The number of hydrogen-bond donors (Lipinski definition) is 1. The quantitative estimate of drug-likeness (QED) is 0.345. The van der Waals surface area contributed by atoms with Crippen molar-refractivity contribution in [3.63, 3.8) is 0 Å². The average molecular weight is 430 g/mol. The Hall–Kier alpha value is -3.72. The highest BCUT2D eigenvalue weighted by Gasteiger charge is 2.20. The van der Waals surface area contributed by atoms with Crippen molar-refractivity contribution in [2.24, 2.45) is 0 Å². The molecule has 0 aliphatic carbocycles. The summed E-state index contributed by atoms with van der Waals surface area (Å²) in [7, 11) is 1.26. The molecule has 3 rings (SSSR count). The fraction of sp³-hybridized carbons (Fsp3) is 0.150. The first kappa shape index (κ1) is 21.0. The van der Waals surface area contributed by atoms with Crippen molar-refractivity contribution in [2.75, 3.05) is 19.0 Å². The monoisotopic (exact) mass is 429 g/mol. The van der Waals surface area contributed by atoms with E-state index in [-0.39, 0.29) is 34.1 Å². The van der Waals surface area contributed by atoms with Gasteiger partial charge in [-0.05, 0) is 37.3 Å². The van der Waals surface area contributed by atoms with Crippen molar-refractivity contribution in [3.05, 3.63) is 68.9 Å².